The van der Waals surface area contributed by atoms with Crippen LogP contribution in [0.15, 0.2) is 52.3 Å². The van der Waals surface area contributed by atoms with E-state index in [1.807, 2.05) is 6.92 Å². The summed E-state index contributed by atoms with van der Waals surface area (Å²) in [6.07, 6.45) is 4.79. The molecule has 1 aromatic carbocycles. The van der Waals surface area contributed by atoms with Crippen LogP contribution in [0.25, 0.3) is 10.9 Å². The van der Waals surface area contributed by atoms with E-state index >= 15 is 0 Å². The first-order chi connectivity index (χ1) is 15.1. The van der Waals surface area contributed by atoms with Gasteiger partial charge in [0.1, 0.15) is 6.54 Å². The number of pyridine rings is 1. The highest BCUT2D eigenvalue weighted by molar-refractivity contribution is 5.79. The topological polar surface area (TPSA) is 89.9 Å². The zero-order valence-electron chi connectivity index (χ0n) is 17.4. The monoisotopic (exact) mass is 414 g/mol. The predicted octanol–water partition coefficient (Wildman–Crippen LogP) is 2.69. The molecule has 2 unspecified atom stereocenters. The molecule has 8 heteroatoms. The average Bonchev–Trinajstić information content (AvgIpc) is 3.09. The van der Waals surface area contributed by atoms with E-state index in [0.29, 0.717) is 34.5 Å². The molecule has 6 rings (SSSR count). The summed E-state index contributed by atoms with van der Waals surface area (Å²) < 4.78 is 7.00. The Bertz CT molecular complexity index is 1330. The van der Waals surface area contributed by atoms with Crippen LogP contribution >= 0.6 is 0 Å². The molecule has 0 spiro atoms. The van der Waals surface area contributed by atoms with Crippen molar-refractivity contribution in [1.29, 1.82) is 0 Å². The van der Waals surface area contributed by atoms with Gasteiger partial charge in [-0.25, -0.2) is 4.98 Å². The third-order valence-electron chi connectivity index (χ3n) is 6.61. The van der Waals surface area contributed by atoms with Crippen LogP contribution in [0.2, 0.25) is 0 Å². The van der Waals surface area contributed by atoms with Gasteiger partial charge in [-0.05, 0) is 43.4 Å². The minimum Gasteiger partial charge on any atom is -0.371 e. The van der Waals surface area contributed by atoms with Crippen LogP contribution in [0.4, 0.5) is 5.69 Å². The molecule has 0 bridgehead atoms. The molecule has 4 heterocycles. The lowest BCUT2D eigenvalue weighted by Crippen LogP contribution is -2.23. The van der Waals surface area contributed by atoms with E-state index in [-0.39, 0.29) is 12.1 Å². The molecule has 2 fully saturated rings. The Morgan fingerprint density at radius 1 is 1.10 bits per heavy atom. The SMILES string of the molecule is Cc1ccc(N2CC3C(C2)C3c2noc(Cn3cnc4cncc(C)c4c3=O)n2)cc1. The Kier molecular flexibility index (Phi) is 3.96. The van der Waals surface area contributed by atoms with E-state index in [1.54, 1.807) is 12.4 Å². The molecule has 4 aromatic rings. The largest absolute Gasteiger partial charge is 0.371 e. The van der Waals surface area contributed by atoms with Crippen molar-refractivity contribution < 1.29 is 4.52 Å². The first-order valence-electron chi connectivity index (χ1n) is 10.5. The molecular weight excluding hydrogens is 392 g/mol. The van der Waals surface area contributed by atoms with Crippen molar-refractivity contribution in [1.82, 2.24) is 24.7 Å². The third-order valence-corrected chi connectivity index (χ3v) is 6.61. The maximum Gasteiger partial charge on any atom is 0.262 e. The Morgan fingerprint density at radius 3 is 2.65 bits per heavy atom. The Hall–Kier alpha value is -3.55. The van der Waals surface area contributed by atoms with Crippen LogP contribution in [-0.2, 0) is 6.54 Å². The van der Waals surface area contributed by atoms with E-state index < -0.39 is 0 Å². The lowest BCUT2D eigenvalue weighted by molar-refractivity contribution is 0.363. The summed E-state index contributed by atoms with van der Waals surface area (Å²) in [5, 5.41) is 4.80. The number of hydrogen-bond acceptors (Lipinski definition) is 7. The first kappa shape index (κ1) is 18.2. The summed E-state index contributed by atoms with van der Waals surface area (Å²) in [4.78, 5) is 28.3. The highest BCUT2D eigenvalue weighted by Gasteiger charge is 2.58. The van der Waals surface area contributed by atoms with Crippen molar-refractivity contribution in [3.63, 3.8) is 0 Å². The molecule has 156 valence electrons. The molecule has 2 aliphatic rings. The van der Waals surface area contributed by atoms with E-state index in [4.69, 9.17) is 4.52 Å². The molecule has 1 aliphatic carbocycles. The molecule has 2 atom stereocenters. The number of hydrogen-bond donors (Lipinski definition) is 0. The molecule has 0 radical (unpaired) electrons. The second kappa shape index (κ2) is 6.73. The molecule has 31 heavy (non-hydrogen) atoms. The van der Waals surface area contributed by atoms with Gasteiger partial charge in [-0.2, -0.15) is 4.98 Å². The van der Waals surface area contributed by atoms with Crippen molar-refractivity contribution in [2.45, 2.75) is 26.3 Å². The minimum atomic E-state index is -0.123. The molecule has 0 N–H and O–H groups in total. The first-order valence-corrected chi connectivity index (χ1v) is 10.5. The fourth-order valence-electron chi connectivity index (χ4n) is 4.86. The Morgan fingerprint density at radius 2 is 1.87 bits per heavy atom. The molecule has 0 amide bonds. The highest BCUT2D eigenvalue weighted by Crippen LogP contribution is 2.57. The maximum atomic E-state index is 12.9. The Labute approximate surface area is 178 Å². The fraction of sp³-hybridized carbons (Fsp3) is 0.348. The Balaban J connectivity index is 1.17. The zero-order valence-corrected chi connectivity index (χ0v) is 17.4. The van der Waals surface area contributed by atoms with Crippen molar-refractivity contribution in [2.75, 3.05) is 18.0 Å². The lowest BCUT2D eigenvalue weighted by atomic mass is 10.2. The number of piperidine rings is 1. The van der Waals surface area contributed by atoms with Crippen LogP contribution in [0.3, 0.4) is 0 Å². The number of fused-ring (bicyclic) bond motifs is 2. The molecule has 1 saturated heterocycles. The zero-order chi connectivity index (χ0) is 21.1. The van der Waals surface area contributed by atoms with Crippen molar-refractivity contribution in [3.05, 3.63) is 76.2 Å². The number of anilines is 1. The highest BCUT2D eigenvalue weighted by atomic mass is 16.5. The standard InChI is InChI=1S/C23H22N6O2/c1-13-3-5-15(6-4-13)28-9-16-17(10-28)21(16)22-26-19(31-27-22)11-29-12-25-18-8-24-7-14(2)20(18)23(29)30/h3-8,12,16-17,21H,9-11H2,1-2H3. The molecule has 3 aromatic heterocycles. The summed E-state index contributed by atoms with van der Waals surface area (Å²) in [6, 6.07) is 8.69. The van der Waals surface area contributed by atoms with Gasteiger partial charge in [-0.15, -0.1) is 0 Å². The summed E-state index contributed by atoms with van der Waals surface area (Å²) in [6.45, 7) is 6.22. The van der Waals surface area contributed by atoms with E-state index in [9.17, 15) is 4.79 Å². The van der Waals surface area contributed by atoms with Crippen LogP contribution in [0.5, 0.6) is 0 Å². The van der Waals surface area contributed by atoms with Gasteiger partial charge in [-0.3, -0.25) is 14.3 Å². The maximum absolute atomic E-state index is 12.9. The van der Waals surface area contributed by atoms with E-state index in [2.05, 4.69) is 56.2 Å². The summed E-state index contributed by atoms with van der Waals surface area (Å²) in [5.41, 5.74) is 3.83. The molecule has 1 aliphatic heterocycles. The summed E-state index contributed by atoms with van der Waals surface area (Å²) in [7, 11) is 0. The second-order valence-corrected chi connectivity index (χ2v) is 8.67. The third kappa shape index (κ3) is 3.01. The number of aryl methyl sites for hydroxylation is 2. The molecule has 8 nitrogen and oxygen atoms in total. The van der Waals surface area contributed by atoms with Crippen LogP contribution in [0, 0.1) is 25.7 Å². The van der Waals surface area contributed by atoms with Gasteiger partial charge in [0.15, 0.2) is 5.82 Å². The van der Waals surface area contributed by atoms with Gasteiger partial charge in [-0.1, -0.05) is 22.9 Å². The second-order valence-electron chi connectivity index (χ2n) is 8.67. The summed E-state index contributed by atoms with van der Waals surface area (Å²) in [5.74, 6) is 2.67. The van der Waals surface area contributed by atoms with Crippen LogP contribution in [-0.4, -0.2) is 37.8 Å². The van der Waals surface area contributed by atoms with Crippen molar-refractivity contribution >= 4 is 16.6 Å². The summed E-state index contributed by atoms with van der Waals surface area (Å²) >= 11 is 0. The molecular formula is C23H22N6O2. The van der Waals surface area contributed by atoms with Crippen molar-refractivity contribution in [3.8, 4) is 0 Å². The van der Waals surface area contributed by atoms with Gasteiger partial charge in [0.2, 0.25) is 5.89 Å². The van der Waals surface area contributed by atoms with Crippen molar-refractivity contribution in [2.24, 2.45) is 11.8 Å². The number of aromatic nitrogens is 5. The van der Waals surface area contributed by atoms with Gasteiger partial charge in [0.25, 0.3) is 5.56 Å². The van der Waals surface area contributed by atoms with Gasteiger partial charge >= 0.3 is 0 Å². The van der Waals surface area contributed by atoms with Gasteiger partial charge in [0.05, 0.1) is 23.4 Å². The normalized spacial score (nSPS) is 22.1. The average molecular weight is 414 g/mol. The predicted molar refractivity (Wildman–Crippen MR) is 115 cm³/mol. The quantitative estimate of drug-likeness (QED) is 0.507. The van der Waals surface area contributed by atoms with Crippen LogP contribution < -0.4 is 10.5 Å². The minimum absolute atomic E-state index is 0.123. The molecule has 1 saturated carbocycles. The number of rotatable bonds is 4. The fourth-order valence-corrected chi connectivity index (χ4v) is 4.86. The van der Waals surface area contributed by atoms with Gasteiger partial charge in [0, 0.05) is 30.9 Å². The van der Waals surface area contributed by atoms with E-state index in [0.717, 1.165) is 24.5 Å². The number of benzene rings is 1. The number of nitrogens with zero attached hydrogens (tertiary/aromatic N) is 6. The van der Waals surface area contributed by atoms with Gasteiger partial charge < -0.3 is 9.42 Å². The van der Waals surface area contributed by atoms with E-state index in [1.165, 1.54) is 22.1 Å². The van der Waals surface area contributed by atoms with Crippen LogP contribution in [0.1, 0.15) is 28.8 Å². The lowest BCUT2D eigenvalue weighted by Gasteiger charge is -2.21. The smallest absolute Gasteiger partial charge is 0.262 e.